The van der Waals surface area contributed by atoms with E-state index in [1.165, 1.54) is 6.07 Å². The first-order chi connectivity index (χ1) is 16.7. The zero-order chi connectivity index (χ0) is 24.7. The van der Waals surface area contributed by atoms with Gasteiger partial charge >= 0.3 is 6.36 Å². The summed E-state index contributed by atoms with van der Waals surface area (Å²) in [5, 5.41) is 10.5. The van der Waals surface area contributed by atoms with Crippen LogP contribution in [0.2, 0.25) is 0 Å². The predicted molar refractivity (Wildman–Crippen MR) is 114 cm³/mol. The van der Waals surface area contributed by atoms with Crippen LogP contribution in [0.3, 0.4) is 0 Å². The SMILES string of the molecule is O=C(c1ccc2n[nH]nc2c1)N1C=C2CN(C(=O)CCc3ccc(OC(F)(F)F)cc3F)C[C@@H]2C1. The van der Waals surface area contributed by atoms with Gasteiger partial charge in [0.15, 0.2) is 0 Å². The molecule has 0 spiro atoms. The molecule has 8 nitrogen and oxygen atoms in total. The molecule has 1 fully saturated rings. The highest BCUT2D eigenvalue weighted by Crippen LogP contribution is 2.31. The summed E-state index contributed by atoms with van der Waals surface area (Å²) in [5.41, 5.74) is 2.85. The number of halogens is 4. The summed E-state index contributed by atoms with van der Waals surface area (Å²) < 4.78 is 54.6. The lowest BCUT2D eigenvalue weighted by molar-refractivity contribution is -0.274. The summed E-state index contributed by atoms with van der Waals surface area (Å²) in [6.07, 6.45) is -3.08. The van der Waals surface area contributed by atoms with E-state index in [4.69, 9.17) is 0 Å². The number of aromatic amines is 1. The summed E-state index contributed by atoms with van der Waals surface area (Å²) in [6.45, 7) is 1.26. The van der Waals surface area contributed by atoms with Crippen LogP contribution in [0.4, 0.5) is 17.6 Å². The van der Waals surface area contributed by atoms with Crippen LogP contribution in [0.1, 0.15) is 22.3 Å². The number of hydrogen-bond donors (Lipinski definition) is 1. The number of amides is 2. The Labute approximate surface area is 196 Å². The molecular weight excluding hydrogens is 470 g/mol. The number of H-pyrrole nitrogens is 1. The van der Waals surface area contributed by atoms with Gasteiger partial charge in [-0.05, 0) is 41.8 Å². The number of alkyl halides is 3. The van der Waals surface area contributed by atoms with E-state index in [0.29, 0.717) is 42.3 Å². The molecule has 35 heavy (non-hydrogen) atoms. The molecule has 2 aliphatic heterocycles. The lowest BCUT2D eigenvalue weighted by Gasteiger charge is -2.20. The first-order valence-electron chi connectivity index (χ1n) is 10.8. The van der Waals surface area contributed by atoms with Crippen molar-refractivity contribution in [2.45, 2.75) is 19.2 Å². The van der Waals surface area contributed by atoms with Crippen LogP contribution >= 0.6 is 0 Å². The van der Waals surface area contributed by atoms with Gasteiger partial charge < -0.3 is 14.5 Å². The standard InChI is InChI=1S/C23H19F4N5O3/c24-18-8-17(35-23(25,26)27)4-1-13(18)3-6-21(33)31-9-15-11-32(12-16(15)10-31)22(34)14-2-5-19-20(7-14)29-30-28-19/h1-2,4-5,7-8,11,16H,3,6,9-10,12H2,(H,28,29,30)/t16-/m1/s1. The maximum Gasteiger partial charge on any atom is 0.573 e. The zero-order valence-corrected chi connectivity index (χ0v) is 18.2. The molecule has 3 heterocycles. The number of fused-ring (bicyclic) bond motifs is 2. The number of benzene rings is 2. The van der Waals surface area contributed by atoms with Gasteiger partial charge in [0.1, 0.15) is 22.6 Å². The van der Waals surface area contributed by atoms with Gasteiger partial charge in [0.05, 0.1) is 0 Å². The number of rotatable bonds is 5. The van der Waals surface area contributed by atoms with E-state index < -0.39 is 17.9 Å². The lowest BCUT2D eigenvalue weighted by Crippen LogP contribution is -2.33. The Hall–Kier alpha value is -3.96. The molecule has 2 aromatic carbocycles. The molecule has 1 N–H and O–H groups in total. The summed E-state index contributed by atoms with van der Waals surface area (Å²) in [4.78, 5) is 28.8. The Morgan fingerprint density at radius 1 is 1.09 bits per heavy atom. The first kappa shape index (κ1) is 22.8. The minimum absolute atomic E-state index is 0.0107. The molecule has 0 unspecified atom stereocenters. The second-order valence-corrected chi connectivity index (χ2v) is 8.46. The van der Waals surface area contributed by atoms with Crippen LogP contribution in [-0.2, 0) is 11.2 Å². The van der Waals surface area contributed by atoms with E-state index in [-0.39, 0.29) is 36.1 Å². The van der Waals surface area contributed by atoms with E-state index in [1.807, 2.05) is 0 Å². The van der Waals surface area contributed by atoms with Crippen molar-refractivity contribution in [3.8, 4) is 5.75 Å². The fourth-order valence-electron chi connectivity index (χ4n) is 4.41. The van der Waals surface area contributed by atoms with Gasteiger partial charge in [0.2, 0.25) is 5.91 Å². The monoisotopic (exact) mass is 489 g/mol. The van der Waals surface area contributed by atoms with E-state index in [2.05, 4.69) is 20.1 Å². The van der Waals surface area contributed by atoms with Gasteiger partial charge in [0, 0.05) is 49.8 Å². The van der Waals surface area contributed by atoms with Gasteiger partial charge in [-0.25, -0.2) is 4.39 Å². The molecule has 2 aliphatic rings. The fraction of sp³-hybridized carbons (Fsp3) is 0.304. The van der Waals surface area contributed by atoms with Crippen molar-refractivity contribution in [3.63, 3.8) is 0 Å². The van der Waals surface area contributed by atoms with Gasteiger partial charge in [-0.15, -0.1) is 13.2 Å². The number of hydrogen-bond acceptors (Lipinski definition) is 5. The number of nitrogens with zero attached hydrogens (tertiary/aromatic N) is 4. The second-order valence-electron chi connectivity index (χ2n) is 8.46. The summed E-state index contributed by atoms with van der Waals surface area (Å²) >= 11 is 0. The number of carbonyl (C=O) groups excluding carboxylic acids is 2. The Bertz CT molecular complexity index is 1340. The summed E-state index contributed by atoms with van der Waals surface area (Å²) in [5.74, 6) is -1.84. The van der Waals surface area contributed by atoms with Gasteiger partial charge in [0.25, 0.3) is 5.91 Å². The highest BCUT2D eigenvalue weighted by Gasteiger charge is 2.37. The maximum atomic E-state index is 14.1. The third-order valence-electron chi connectivity index (χ3n) is 6.12. The van der Waals surface area contributed by atoms with Crippen molar-refractivity contribution >= 4 is 22.8 Å². The van der Waals surface area contributed by atoms with Crippen molar-refractivity contribution in [2.24, 2.45) is 5.92 Å². The van der Waals surface area contributed by atoms with E-state index in [0.717, 1.165) is 11.6 Å². The molecule has 182 valence electrons. The molecule has 1 aromatic heterocycles. The first-order valence-corrected chi connectivity index (χ1v) is 10.8. The van der Waals surface area contributed by atoms with Crippen LogP contribution in [-0.4, -0.2) is 63.0 Å². The molecule has 12 heteroatoms. The summed E-state index contributed by atoms with van der Waals surface area (Å²) in [6, 6.07) is 7.94. The molecule has 2 amide bonds. The maximum absolute atomic E-state index is 14.1. The highest BCUT2D eigenvalue weighted by atomic mass is 19.4. The van der Waals surface area contributed by atoms with E-state index in [9.17, 15) is 27.2 Å². The van der Waals surface area contributed by atoms with Crippen LogP contribution < -0.4 is 4.74 Å². The Morgan fingerprint density at radius 2 is 1.89 bits per heavy atom. The Kier molecular flexibility index (Phi) is 5.65. The Morgan fingerprint density at radius 3 is 2.63 bits per heavy atom. The predicted octanol–water partition coefficient (Wildman–Crippen LogP) is 3.43. The van der Waals surface area contributed by atoms with Gasteiger partial charge in [-0.3, -0.25) is 9.59 Å². The fourth-order valence-corrected chi connectivity index (χ4v) is 4.41. The van der Waals surface area contributed by atoms with Crippen LogP contribution in [0.25, 0.3) is 11.0 Å². The smallest absolute Gasteiger partial charge is 0.406 e. The normalized spacial score (nSPS) is 17.6. The molecule has 0 saturated carbocycles. The van der Waals surface area contributed by atoms with Crippen molar-refractivity contribution < 1.29 is 31.9 Å². The van der Waals surface area contributed by atoms with E-state index in [1.54, 1.807) is 34.2 Å². The Balaban J connectivity index is 1.17. The van der Waals surface area contributed by atoms with Gasteiger partial charge in [-0.1, -0.05) is 6.07 Å². The highest BCUT2D eigenvalue weighted by molar-refractivity contribution is 5.98. The number of aromatic nitrogens is 3. The van der Waals surface area contributed by atoms with E-state index >= 15 is 0 Å². The van der Waals surface area contributed by atoms with Crippen molar-refractivity contribution in [1.82, 2.24) is 25.2 Å². The largest absolute Gasteiger partial charge is 0.573 e. The van der Waals surface area contributed by atoms with Crippen molar-refractivity contribution in [3.05, 3.63) is 65.1 Å². The third kappa shape index (κ3) is 4.81. The molecule has 1 saturated heterocycles. The lowest BCUT2D eigenvalue weighted by atomic mass is 10.1. The van der Waals surface area contributed by atoms with Crippen molar-refractivity contribution in [2.75, 3.05) is 19.6 Å². The molecule has 5 rings (SSSR count). The van der Waals surface area contributed by atoms with Crippen LogP contribution in [0.5, 0.6) is 5.75 Å². The molecule has 1 atom stereocenters. The summed E-state index contributed by atoms with van der Waals surface area (Å²) in [7, 11) is 0. The zero-order valence-electron chi connectivity index (χ0n) is 18.2. The molecule has 0 radical (unpaired) electrons. The number of nitrogens with one attached hydrogen (secondary N) is 1. The molecular formula is C23H19F4N5O3. The quantitative estimate of drug-likeness (QED) is 0.555. The van der Waals surface area contributed by atoms with Crippen LogP contribution in [0, 0.1) is 11.7 Å². The molecule has 3 aromatic rings. The average molecular weight is 489 g/mol. The third-order valence-corrected chi connectivity index (χ3v) is 6.12. The number of aryl methyl sites for hydroxylation is 1. The number of likely N-dealkylation sites (tertiary alicyclic amines) is 1. The second kappa shape index (κ2) is 8.67. The van der Waals surface area contributed by atoms with Gasteiger partial charge in [-0.2, -0.15) is 15.4 Å². The molecule has 0 bridgehead atoms. The van der Waals surface area contributed by atoms with Crippen LogP contribution in [0.15, 0.2) is 48.2 Å². The number of ether oxygens (including phenoxy) is 1. The minimum Gasteiger partial charge on any atom is -0.406 e. The number of carbonyl (C=O) groups is 2. The average Bonchev–Trinajstić information content (AvgIpc) is 3.51. The minimum atomic E-state index is -4.91. The molecule has 0 aliphatic carbocycles. The topological polar surface area (TPSA) is 91.4 Å². The van der Waals surface area contributed by atoms with Crippen molar-refractivity contribution in [1.29, 1.82) is 0 Å².